The maximum absolute atomic E-state index is 6.21. The molecule has 3 rings (SSSR count). The second-order valence-corrected chi connectivity index (χ2v) is 7.03. The Balaban J connectivity index is 1.79. The molecule has 1 aromatic heterocycles. The summed E-state index contributed by atoms with van der Waals surface area (Å²) < 4.78 is 13.6. The van der Waals surface area contributed by atoms with Crippen LogP contribution in [0.4, 0.5) is 0 Å². The molecule has 0 fully saturated rings. The number of aryl methyl sites for hydroxylation is 1. The van der Waals surface area contributed by atoms with Gasteiger partial charge in [0.25, 0.3) is 0 Å². The average Bonchev–Trinajstić information content (AvgIpc) is 2.98. The number of rotatable bonds is 7. The third-order valence-corrected chi connectivity index (χ3v) is 4.65. The van der Waals surface area contributed by atoms with Crippen LogP contribution in [-0.2, 0) is 6.61 Å². The van der Waals surface area contributed by atoms with Gasteiger partial charge >= 0.3 is 0 Å². The Labute approximate surface area is 177 Å². The maximum atomic E-state index is 6.21. The first-order valence-corrected chi connectivity index (χ1v) is 9.66. The van der Waals surface area contributed by atoms with Gasteiger partial charge in [-0.25, -0.2) is 0 Å². The first-order chi connectivity index (χ1) is 13.5. The summed E-state index contributed by atoms with van der Waals surface area (Å²) in [7, 11) is 0. The molecule has 1 N–H and O–H groups in total. The van der Waals surface area contributed by atoms with E-state index in [1.165, 1.54) is 0 Å². The number of benzene rings is 2. The molecule has 0 aliphatic rings. The van der Waals surface area contributed by atoms with Crippen molar-refractivity contribution in [2.24, 2.45) is 5.10 Å². The fourth-order valence-electron chi connectivity index (χ4n) is 2.42. The van der Waals surface area contributed by atoms with E-state index in [0.717, 1.165) is 11.1 Å². The van der Waals surface area contributed by atoms with Gasteiger partial charge in [-0.3, -0.25) is 5.10 Å². The first kappa shape index (κ1) is 20.4. The van der Waals surface area contributed by atoms with Gasteiger partial charge in [0.15, 0.2) is 11.5 Å². The minimum absolute atomic E-state index is 0.299. The standard InChI is InChI=1S/C19H18Cl2N4O2S/c1-3-26-18-8-13(10-22-25-12(2)23-24-19(25)28)4-7-17(18)27-11-14-5-6-15(20)9-16(14)21/h4-10H,3,11H2,1-2H3,(H,24,28)/b22-10-. The van der Waals surface area contributed by atoms with Crippen molar-refractivity contribution in [1.82, 2.24) is 14.9 Å². The third-order valence-electron chi connectivity index (χ3n) is 3.80. The zero-order chi connectivity index (χ0) is 20.1. The Hall–Kier alpha value is -2.35. The van der Waals surface area contributed by atoms with Crippen molar-refractivity contribution in [1.29, 1.82) is 0 Å². The monoisotopic (exact) mass is 436 g/mol. The summed E-state index contributed by atoms with van der Waals surface area (Å²) in [6.07, 6.45) is 1.68. The number of nitrogens with zero attached hydrogens (tertiary/aromatic N) is 3. The molecule has 6 nitrogen and oxygen atoms in total. The van der Waals surface area contributed by atoms with E-state index < -0.39 is 0 Å². The van der Waals surface area contributed by atoms with E-state index in [1.54, 1.807) is 23.0 Å². The lowest BCUT2D eigenvalue weighted by Crippen LogP contribution is -2.01. The topological polar surface area (TPSA) is 64.4 Å². The molecule has 9 heteroatoms. The largest absolute Gasteiger partial charge is 0.490 e. The summed E-state index contributed by atoms with van der Waals surface area (Å²) in [4.78, 5) is 0. The summed E-state index contributed by atoms with van der Waals surface area (Å²) >= 11 is 17.3. The van der Waals surface area contributed by atoms with E-state index >= 15 is 0 Å². The molecule has 28 heavy (non-hydrogen) atoms. The number of ether oxygens (including phenoxy) is 2. The van der Waals surface area contributed by atoms with Gasteiger partial charge in [-0.1, -0.05) is 29.3 Å². The van der Waals surface area contributed by atoms with Crippen LogP contribution in [0.15, 0.2) is 41.5 Å². The summed E-state index contributed by atoms with van der Waals surface area (Å²) in [5.74, 6) is 1.90. The number of hydrogen-bond donors (Lipinski definition) is 1. The van der Waals surface area contributed by atoms with Crippen LogP contribution < -0.4 is 9.47 Å². The highest BCUT2D eigenvalue weighted by atomic mass is 35.5. The third kappa shape index (κ3) is 4.92. The minimum Gasteiger partial charge on any atom is -0.490 e. The van der Waals surface area contributed by atoms with Gasteiger partial charge in [-0.2, -0.15) is 14.9 Å². The molecule has 0 bridgehead atoms. The van der Waals surface area contributed by atoms with Crippen molar-refractivity contribution in [3.63, 3.8) is 0 Å². The van der Waals surface area contributed by atoms with Crippen molar-refractivity contribution >= 4 is 41.6 Å². The highest BCUT2D eigenvalue weighted by molar-refractivity contribution is 7.71. The van der Waals surface area contributed by atoms with Crippen LogP contribution >= 0.6 is 35.4 Å². The molecule has 146 valence electrons. The minimum atomic E-state index is 0.299. The molecule has 0 aliphatic heterocycles. The lowest BCUT2D eigenvalue weighted by molar-refractivity contribution is 0.269. The lowest BCUT2D eigenvalue weighted by Gasteiger charge is -2.13. The van der Waals surface area contributed by atoms with Crippen LogP contribution in [0.3, 0.4) is 0 Å². The number of nitrogens with one attached hydrogen (secondary N) is 1. The number of H-pyrrole nitrogens is 1. The molecule has 0 saturated heterocycles. The van der Waals surface area contributed by atoms with Crippen molar-refractivity contribution in [2.75, 3.05) is 6.61 Å². The Kier molecular flexibility index (Phi) is 6.72. The van der Waals surface area contributed by atoms with E-state index in [0.29, 0.717) is 45.4 Å². The van der Waals surface area contributed by atoms with E-state index in [1.807, 2.05) is 38.1 Å². The number of aromatic amines is 1. The van der Waals surface area contributed by atoms with Gasteiger partial charge in [0.05, 0.1) is 12.8 Å². The molecule has 3 aromatic rings. The average molecular weight is 437 g/mol. The predicted octanol–water partition coefficient (Wildman–Crippen LogP) is 5.42. The number of aromatic nitrogens is 3. The molecule has 1 heterocycles. The highest BCUT2D eigenvalue weighted by Gasteiger charge is 2.09. The second kappa shape index (κ2) is 9.23. The van der Waals surface area contributed by atoms with E-state index in [-0.39, 0.29) is 0 Å². The van der Waals surface area contributed by atoms with Gasteiger partial charge in [0.1, 0.15) is 12.4 Å². The van der Waals surface area contributed by atoms with Gasteiger partial charge in [-0.05, 0) is 62.0 Å². The van der Waals surface area contributed by atoms with E-state index in [4.69, 9.17) is 44.9 Å². The molecule has 0 saturated carbocycles. The maximum Gasteiger partial charge on any atom is 0.216 e. The molecular formula is C19H18Cl2N4O2S. The summed E-state index contributed by atoms with van der Waals surface area (Å²) in [6, 6.07) is 10.9. The lowest BCUT2D eigenvalue weighted by atomic mass is 10.2. The van der Waals surface area contributed by atoms with Crippen LogP contribution in [-0.4, -0.2) is 27.7 Å². The molecule has 0 amide bonds. The predicted molar refractivity (Wildman–Crippen MR) is 114 cm³/mol. The Bertz CT molecular complexity index is 1060. The molecule has 0 aliphatic carbocycles. The van der Waals surface area contributed by atoms with Crippen LogP contribution in [0, 0.1) is 11.7 Å². The zero-order valence-corrected chi connectivity index (χ0v) is 17.6. The number of hydrogen-bond acceptors (Lipinski definition) is 5. The van der Waals surface area contributed by atoms with Crippen LogP contribution in [0.25, 0.3) is 0 Å². The van der Waals surface area contributed by atoms with Gasteiger partial charge < -0.3 is 9.47 Å². The molecule has 0 spiro atoms. The summed E-state index contributed by atoms with van der Waals surface area (Å²) in [5.41, 5.74) is 1.67. The van der Waals surface area contributed by atoms with E-state index in [9.17, 15) is 0 Å². The van der Waals surface area contributed by atoms with Crippen molar-refractivity contribution in [3.8, 4) is 11.5 Å². The fraction of sp³-hybridized carbons (Fsp3) is 0.211. The van der Waals surface area contributed by atoms with Crippen molar-refractivity contribution < 1.29 is 9.47 Å². The molecule has 0 atom stereocenters. The fourth-order valence-corrected chi connectivity index (χ4v) is 3.11. The van der Waals surface area contributed by atoms with Crippen molar-refractivity contribution in [2.45, 2.75) is 20.5 Å². The van der Waals surface area contributed by atoms with Crippen LogP contribution in [0.2, 0.25) is 10.0 Å². The Morgan fingerprint density at radius 2 is 2.00 bits per heavy atom. The van der Waals surface area contributed by atoms with Crippen molar-refractivity contribution in [3.05, 3.63) is 68.2 Å². The summed E-state index contributed by atoms with van der Waals surface area (Å²) in [6.45, 7) is 4.53. The van der Waals surface area contributed by atoms with Crippen LogP contribution in [0.1, 0.15) is 23.9 Å². The number of halogens is 2. The Morgan fingerprint density at radius 3 is 2.68 bits per heavy atom. The normalized spacial score (nSPS) is 11.1. The quantitative estimate of drug-likeness (QED) is 0.396. The van der Waals surface area contributed by atoms with E-state index in [2.05, 4.69) is 15.3 Å². The smallest absolute Gasteiger partial charge is 0.216 e. The van der Waals surface area contributed by atoms with Crippen LogP contribution in [0.5, 0.6) is 11.5 Å². The van der Waals surface area contributed by atoms with Gasteiger partial charge in [0.2, 0.25) is 4.77 Å². The second-order valence-electron chi connectivity index (χ2n) is 5.80. The molecule has 2 aromatic carbocycles. The zero-order valence-electron chi connectivity index (χ0n) is 15.3. The SMILES string of the molecule is CCOc1cc(/C=N\n2c(C)n[nH]c2=S)ccc1OCc1ccc(Cl)cc1Cl. The Morgan fingerprint density at radius 1 is 1.18 bits per heavy atom. The highest BCUT2D eigenvalue weighted by Crippen LogP contribution is 2.30. The first-order valence-electron chi connectivity index (χ1n) is 8.50. The molecule has 0 unspecified atom stereocenters. The summed E-state index contributed by atoms with van der Waals surface area (Å²) in [5, 5.41) is 12.2. The molecular weight excluding hydrogens is 419 g/mol. The van der Waals surface area contributed by atoms with Gasteiger partial charge in [0, 0.05) is 15.6 Å². The molecule has 0 radical (unpaired) electrons. The van der Waals surface area contributed by atoms with Gasteiger partial charge in [-0.15, -0.1) is 0 Å².